The lowest BCUT2D eigenvalue weighted by Crippen LogP contribution is -2.13. The maximum absolute atomic E-state index is 15.9. The molecule has 1 nitrogen and oxygen atoms in total. The van der Waals surface area contributed by atoms with Gasteiger partial charge in [0.05, 0.1) is 22.3 Å². The van der Waals surface area contributed by atoms with Gasteiger partial charge in [-0.25, -0.2) is 87.8 Å². The van der Waals surface area contributed by atoms with Crippen LogP contribution < -0.4 is 4.74 Å². The zero-order chi connectivity index (χ0) is 42.3. The topological polar surface area (TPSA) is 9.23 Å². The molecule has 296 valence electrons. The Morgan fingerprint density at radius 3 is 0.842 bits per heavy atom. The van der Waals surface area contributed by atoms with E-state index in [9.17, 15) is 52.7 Å². The van der Waals surface area contributed by atoms with E-state index >= 15 is 35.1 Å². The second-order valence-corrected chi connectivity index (χ2v) is 11.2. The lowest BCUT2D eigenvalue weighted by atomic mass is 9.80. The lowest BCUT2D eigenvalue weighted by Gasteiger charge is -2.26. The number of para-hydroxylation sites is 1. The maximum atomic E-state index is 15.9. The Kier molecular flexibility index (Phi) is 10.2. The van der Waals surface area contributed by atoms with Gasteiger partial charge in [0.2, 0.25) is 23.3 Å². The molecule has 0 fully saturated rings. The van der Waals surface area contributed by atoms with E-state index in [1.165, 1.54) is 6.07 Å². The third kappa shape index (κ3) is 5.97. The van der Waals surface area contributed by atoms with Gasteiger partial charge >= 0.3 is 0 Å². The SMILES string of the molecule is Fc1c(F)c(F)c(-c2cc(Oc3ccccc3)c(-c3c(F)c(F)c(F)c(F)c3F)c(-c3c(F)c(F)c(F)c(F)c3F)c2-c2c(F)c(F)c(F)c(F)c2F)c(F)c1F. The fourth-order valence-electron chi connectivity index (χ4n) is 5.62. The second-order valence-electron chi connectivity index (χ2n) is 11.2. The molecule has 0 saturated carbocycles. The monoisotopic (exact) mass is 834 g/mol. The first-order chi connectivity index (χ1) is 26.7. The first kappa shape index (κ1) is 40.4. The summed E-state index contributed by atoms with van der Waals surface area (Å²) < 4.78 is 307. The third-order valence-corrected chi connectivity index (χ3v) is 8.12. The Balaban J connectivity index is 2.11. The van der Waals surface area contributed by atoms with Crippen LogP contribution in [0.5, 0.6) is 11.5 Å². The fourth-order valence-corrected chi connectivity index (χ4v) is 5.62. The van der Waals surface area contributed by atoms with E-state index in [0.717, 1.165) is 24.3 Å². The van der Waals surface area contributed by atoms with Gasteiger partial charge in [0.15, 0.2) is 93.1 Å². The number of halogens is 20. The molecule has 6 rings (SSSR count). The van der Waals surface area contributed by atoms with Gasteiger partial charge in [-0.1, -0.05) is 18.2 Å². The van der Waals surface area contributed by atoms with Gasteiger partial charge in [0.25, 0.3) is 0 Å². The number of ether oxygens (including phenoxy) is 1. The summed E-state index contributed by atoms with van der Waals surface area (Å²) in [5, 5.41) is 0. The molecular formula is C36H6F20O. The molecule has 0 atom stereocenters. The van der Waals surface area contributed by atoms with Gasteiger partial charge in [-0.05, 0) is 18.2 Å². The van der Waals surface area contributed by atoms with Gasteiger partial charge in [0, 0.05) is 22.3 Å². The van der Waals surface area contributed by atoms with E-state index in [-0.39, 0.29) is 6.07 Å². The lowest BCUT2D eigenvalue weighted by molar-refractivity contribution is 0.379. The van der Waals surface area contributed by atoms with Crippen molar-refractivity contribution in [2.75, 3.05) is 0 Å². The van der Waals surface area contributed by atoms with Gasteiger partial charge in [-0.2, -0.15) is 0 Å². The molecule has 0 N–H and O–H groups in total. The second kappa shape index (κ2) is 14.3. The minimum Gasteiger partial charge on any atom is -0.457 e. The first-order valence-electron chi connectivity index (χ1n) is 14.7. The van der Waals surface area contributed by atoms with E-state index in [1.54, 1.807) is 0 Å². The first-order valence-corrected chi connectivity index (χ1v) is 14.7. The molecule has 6 aromatic rings. The minimum absolute atomic E-state index is 0.360. The van der Waals surface area contributed by atoms with Gasteiger partial charge in [-0.3, -0.25) is 0 Å². The summed E-state index contributed by atoms with van der Waals surface area (Å²) in [6.07, 6.45) is 0. The van der Waals surface area contributed by atoms with Crippen LogP contribution in [-0.2, 0) is 0 Å². The van der Waals surface area contributed by atoms with E-state index in [0.29, 0.717) is 0 Å². The molecule has 0 bridgehead atoms. The van der Waals surface area contributed by atoms with Crippen LogP contribution in [0.3, 0.4) is 0 Å². The standard InChI is InChI=1S/C36H6F20O/c37-17-11(18(38)26(46)33(53)25(17)45)8-6-9(57-7-4-2-1-3-5-7)12(15-21(41)29(49)35(55)30(50)22(15)42)13(16-23(43)31(51)36(56)32(52)24(16)44)10(8)14-19(39)27(47)34(54)28(48)20(14)40/h1-6H. The van der Waals surface area contributed by atoms with E-state index < -0.39 is 172 Å². The molecule has 0 aliphatic carbocycles. The molecule has 0 aliphatic rings. The fraction of sp³-hybridized carbons (Fsp3) is 0. The average Bonchev–Trinajstić information content (AvgIpc) is 3.19. The number of rotatable bonds is 6. The van der Waals surface area contributed by atoms with Crippen molar-refractivity contribution >= 4 is 0 Å². The van der Waals surface area contributed by atoms with Crippen molar-refractivity contribution < 1.29 is 92.5 Å². The van der Waals surface area contributed by atoms with Gasteiger partial charge in [0.1, 0.15) is 11.5 Å². The van der Waals surface area contributed by atoms with Crippen LogP contribution in [-0.4, -0.2) is 0 Å². The average molecular weight is 834 g/mol. The van der Waals surface area contributed by atoms with Crippen LogP contribution in [0.2, 0.25) is 0 Å². The smallest absolute Gasteiger partial charge is 0.200 e. The summed E-state index contributed by atoms with van der Waals surface area (Å²) in [6, 6.07) is 4.47. The maximum Gasteiger partial charge on any atom is 0.200 e. The molecular weight excluding hydrogens is 828 g/mol. The molecule has 0 spiro atoms. The highest BCUT2D eigenvalue weighted by molar-refractivity contribution is 6.05. The Morgan fingerprint density at radius 1 is 0.246 bits per heavy atom. The highest BCUT2D eigenvalue weighted by Gasteiger charge is 2.41. The number of benzene rings is 6. The van der Waals surface area contributed by atoms with Crippen LogP contribution in [0, 0.1) is 116 Å². The van der Waals surface area contributed by atoms with Crippen molar-refractivity contribution in [2.45, 2.75) is 0 Å². The number of hydrogen-bond acceptors (Lipinski definition) is 1. The quantitative estimate of drug-likeness (QED) is 0.0923. The van der Waals surface area contributed by atoms with Crippen molar-refractivity contribution in [2.24, 2.45) is 0 Å². The van der Waals surface area contributed by atoms with Crippen LogP contribution in [0.1, 0.15) is 0 Å². The molecule has 57 heavy (non-hydrogen) atoms. The third-order valence-electron chi connectivity index (χ3n) is 8.12. The molecule has 6 aromatic carbocycles. The van der Waals surface area contributed by atoms with Crippen LogP contribution in [0.4, 0.5) is 87.8 Å². The molecule has 0 radical (unpaired) electrons. The molecule has 0 amide bonds. The molecule has 0 heterocycles. The van der Waals surface area contributed by atoms with Crippen molar-refractivity contribution in [1.29, 1.82) is 0 Å². The predicted octanol–water partition coefficient (Wildman–Crippen LogP) is 12.9. The van der Waals surface area contributed by atoms with Crippen molar-refractivity contribution in [3.63, 3.8) is 0 Å². The van der Waals surface area contributed by atoms with Crippen molar-refractivity contribution in [3.8, 4) is 56.0 Å². The summed E-state index contributed by atoms with van der Waals surface area (Å²) in [5.74, 6) is -65.2. The summed E-state index contributed by atoms with van der Waals surface area (Å²) >= 11 is 0. The Labute approximate surface area is 301 Å². The van der Waals surface area contributed by atoms with Crippen LogP contribution in [0.15, 0.2) is 36.4 Å². The Bertz CT molecular complexity index is 2600. The summed E-state index contributed by atoms with van der Waals surface area (Å²) in [7, 11) is 0. The zero-order valence-corrected chi connectivity index (χ0v) is 26.4. The van der Waals surface area contributed by atoms with Crippen molar-refractivity contribution in [3.05, 3.63) is 153 Å². The van der Waals surface area contributed by atoms with Crippen LogP contribution in [0.25, 0.3) is 44.5 Å². The van der Waals surface area contributed by atoms with Gasteiger partial charge < -0.3 is 4.74 Å². The van der Waals surface area contributed by atoms with Gasteiger partial charge in [-0.15, -0.1) is 0 Å². The minimum atomic E-state index is -3.23. The number of hydrogen-bond donors (Lipinski definition) is 0. The molecule has 0 aliphatic heterocycles. The normalized spacial score (nSPS) is 11.5. The molecule has 0 saturated heterocycles. The Hall–Kier alpha value is -6.28. The van der Waals surface area contributed by atoms with E-state index in [4.69, 9.17) is 4.74 Å². The highest BCUT2D eigenvalue weighted by atomic mass is 19.2. The predicted molar refractivity (Wildman–Crippen MR) is 154 cm³/mol. The molecule has 0 unspecified atom stereocenters. The zero-order valence-electron chi connectivity index (χ0n) is 26.4. The highest BCUT2D eigenvalue weighted by Crippen LogP contribution is 2.56. The summed E-state index contributed by atoms with van der Waals surface area (Å²) in [4.78, 5) is 0. The molecule has 21 heteroatoms. The van der Waals surface area contributed by atoms with E-state index in [2.05, 4.69) is 0 Å². The summed E-state index contributed by atoms with van der Waals surface area (Å²) in [5.41, 5.74) is -20.8. The van der Waals surface area contributed by atoms with E-state index in [1.807, 2.05) is 0 Å². The summed E-state index contributed by atoms with van der Waals surface area (Å²) in [6.45, 7) is 0. The van der Waals surface area contributed by atoms with Crippen LogP contribution >= 0.6 is 0 Å². The largest absolute Gasteiger partial charge is 0.457 e. The van der Waals surface area contributed by atoms with Crippen molar-refractivity contribution in [1.82, 2.24) is 0 Å². The Morgan fingerprint density at radius 2 is 0.509 bits per heavy atom. The molecule has 0 aromatic heterocycles.